The van der Waals surface area contributed by atoms with Crippen molar-refractivity contribution in [2.75, 3.05) is 13.1 Å². The van der Waals surface area contributed by atoms with Crippen LogP contribution in [0.15, 0.2) is 53.6 Å². The fourth-order valence-electron chi connectivity index (χ4n) is 2.29. The normalized spacial score (nSPS) is 15.6. The molecular formula is C18H14ClN3O3S. The van der Waals surface area contributed by atoms with Crippen molar-refractivity contribution in [1.82, 2.24) is 15.2 Å². The molecule has 0 radical (unpaired) electrons. The number of nitrogens with one attached hydrogen (secondary N) is 1. The van der Waals surface area contributed by atoms with E-state index in [0.29, 0.717) is 15.6 Å². The molecule has 0 bridgehead atoms. The average molecular weight is 388 g/mol. The van der Waals surface area contributed by atoms with Gasteiger partial charge in [-0.1, -0.05) is 41.9 Å². The molecular weight excluding hydrogens is 374 g/mol. The van der Waals surface area contributed by atoms with Gasteiger partial charge >= 0.3 is 0 Å². The van der Waals surface area contributed by atoms with Crippen molar-refractivity contribution in [2.45, 2.75) is 0 Å². The van der Waals surface area contributed by atoms with Crippen LogP contribution in [0.5, 0.6) is 0 Å². The van der Waals surface area contributed by atoms with Gasteiger partial charge in [0.15, 0.2) is 0 Å². The van der Waals surface area contributed by atoms with Gasteiger partial charge < -0.3 is 5.32 Å². The molecule has 0 unspecified atom stereocenters. The summed E-state index contributed by atoms with van der Waals surface area (Å²) < 4.78 is 0. The van der Waals surface area contributed by atoms with Crippen LogP contribution in [0.2, 0.25) is 5.15 Å². The molecule has 0 saturated carbocycles. The summed E-state index contributed by atoms with van der Waals surface area (Å²) in [5.41, 5.74) is 1.20. The number of hydrogen-bond acceptors (Lipinski definition) is 5. The predicted octanol–water partition coefficient (Wildman–Crippen LogP) is 3.20. The summed E-state index contributed by atoms with van der Waals surface area (Å²) in [5, 5.41) is 2.60. The van der Waals surface area contributed by atoms with E-state index < -0.39 is 0 Å². The van der Waals surface area contributed by atoms with E-state index in [2.05, 4.69) is 10.3 Å². The molecule has 1 aliphatic heterocycles. The van der Waals surface area contributed by atoms with E-state index in [1.54, 1.807) is 12.1 Å². The van der Waals surface area contributed by atoms with Crippen molar-refractivity contribution in [3.63, 3.8) is 0 Å². The van der Waals surface area contributed by atoms with E-state index in [1.807, 2.05) is 30.3 Å². The Morgan fingerprint density at radius 3 is 2.65 bits per heavy atom. The van der Waals surface area contributed by atoms with Crippen LogP contribution in [0, 0.1) is 0 Å². The van der Waals surface area contributed by atoms with Gasteiger partial charge in [0.2, 0.25) is 0 Å². The third-order valence-electron chi connectivity index (χ3n) is 3.58. The Balaban J connectivity index is 1.57. The Kier molecular flexibility index (Phi) is 5.70. The quantitative estimate of drug-likeness (QED) is 0.629. The number of aromatic nitrogens is 1. The van der Waals surface area contributed by atoms with Crippen LogP contribution in [-0.2, 0) is 4.79 Å². The molecule has 3 rings (SSSR count). The van der Waals surface area contributed by atoms with E-state index in [4.69, 9.17) is 11.6 Å². The van der Waals surface area contributed by atoms with Crippen molar-refractivity contribution >= 4 is 46.5 Å². The topological polar surface area (TPSA) is 79.4 Å². The fraction of sp³-hybridized carbons (Fsp3) is 0.111. The molecule has 2 heterocycles. The summed E-state index contributed by atoms with van der Waals surface area (Å²) in [7, 11) is 0. The number of thioether (sulfide) groups is 1. The van der Waals surface area contributed by atoms with Gasteiger partial charge in [-0.05, 0) is 35.5 Å². The molecule has 1 saturated heterocycles. The summed E-state index contributed by atoms with van der Waals surface area (Å²) in [4.78, 5) is 41.8. The van der Waals surface area contributed by atoms with Gasteiger partial charge in [0, 0.05) is 19.3 Å². The van der Waals surface area contributed by atoms with Crippen LogP contribution in [0.4, 0.5) is 4.79 Å². The lowest BCUT2D eigenvalue weighted by atomic mass is 10.2. The fourth-order valence-corrected chi connectivity index (χ4v) is 3.26. The second-order valence-electron chi connectivity index (χ2n) is 5.37. The molecule has 6 nitrogen and oxygen atoms in total. The maximum Gasteiger partial charge on any atom is 0.293 e. The molecule has 0 spiro atoms. The SMILES string of the molecule is O=C(NCCN1C(=O)S/C(=C\c2ccccc2)C1=O)c1ccc(Cl)nc1. The Morgan fingerprint density at radius 1 is 1.19 bits per heavy atom. The molecule has 132 valence electrons. The van der Waals surface area contributed by atoms with E-state index in [9.17, 15) is 14.4 Å². The summed E-state index contributed by atoms with van der Waals surface area (Å²) in [5.74, 6) is -0.702. The molecule has 1 fully saturated rings. The minimum atomic E-state index is -0.355. The third-order valence-corrected chi connectivity index (χ3v) is 4.71. The largest absolute Gasteiger partial charge is 0.350 e. The van der Waals surface area contributed by atoms with Gasteiger partial charge in [-0.2, -0.15) is 0 Å². The first kappa shape index (κ1) is 18.2. The van der Waals surface area contributed by atoms with Gasteiger partial charge in [-0.3, -0.25) is 19.3 Å². The summed E-state index contributed by atoms with van der Waals surface area (Å²) in [6.07, 6.45) is 3.04. The molecule has 0 atom stereocenters. The highest BCUT2D eigenvalue weighted by Gasteiger charge is 2.34. The monoisotopic (exact) mass is 387 g/mol. The second-order valence-corrected chi connectivity index (χ2v) is 6.75. The number of pyridine rings is 1. The number of halogens is 1. The van der Waals surface area contributed by atoms with Crippen molar-refractivity contribution in [2.24, 2.45) is 0 Å². The molecule has 1 aromatic carbocycles. The van der Waals surface area contributed by atoms with Crippen LogP contribution >= 0.6 is 23.4 Å². The van der Waals surface area contributed by atoms with Crippen molar-refractivity contribution in [3.05, 3.63) is 69.8 Å². The number of benzene rings is 1. The maximum atomic E-state index is 12.4. The van der Waals surface area contributed by atoms with Gasteiger partial charge in [0.05, 0.1) is 10.5 Å². The average Bonchev–Trinajstić information content (AvgIpc) is 2.90. The zero-order chi connectivity index (χ0) is 18.5. The lowest BCUT2D eigenvalue weighted by Crippen LogP contribution is -2.37. The predicted molar refractivity (Wildman–Crippen MR) is 101 cm³/mol. The number of imide groups is 1. The van der Waals surface area contributed by atoms with Crippen molar-refractivity contribution in [3.8, 4) is 0 Å². The van der Waals surface area contributed by atoms with E-state index in [-0.39, 0.29) is 30.1 Å². The smallest absolute Gasteiger partial charge is 0.293 e. The highest BCUT2D eigenvalue weighted by atomic mass is 35.5. The zero-order valence-corrected chi connectivity index (χ0v) is 15.1. The first-order valence-corrected chi connectivity index (χ1v) is 8.94. The minimum Gasteiger partial charge on any atom is -0.350 e. The maximum absolute atomic E-state index is 12.4. The molecule has 3 amide bonds. The van der Waals surface area contributed by atoms with E-state index >= 15 is 0 Å². The van der Waals surface area contributed by atoms with Crippen LogP contribution < -0.4 is 5.32 Å². The first-order valence-electron chi connectivity index (χ1n) is 7.75. The first-order chi connectivity index (χ1) is 12.5. The van der Waals surface area contributed by atoms with Gasteiger partial charge in [-0.15, -0.1) is 0 Å². The Bertz CT molecular complexity index is 869. The molecule has 2 aromatic rings. The number of nitrogens with zero attached hydrogens (tertiary/aromatic N) is 2. The van der Waals surface area contributed by atoms with Gasteiger partial charge in [0.1, 0.15) is 5.15 Å². The molecule has 26 heavy (non-hydrogen) atoms. The highest BCUT2D eigenvalue weighted by molar-refractivity contribution is 8.18. The number of amides is 3. The van der Waals surface area contributed by atoms with E-state index in [0.717, 1.165) is 22.2 Å². The Hall–Kier alpha value is -2.64. The van der Waals surface area contributed by atoms with Gasteiger partial charge in [-0.25, -0.2) is 4.98 Å². The molecule has 0 aliphatic carbocycles. The molecule has 1 N–H and O–H groups in total. The molecule has 8 heteroatoms. The van der Waals surface area contributed by atoms with Crippen LogP contribution in [0.1, 0.15) is 15.9 Å². The zero-order valence-electron chi connectivity index (χ0n) is 13.5. The lowest BCUT2D eigenvalue weighted by molar-refractivity contribution is -0.122. The standard InChI is InChI=1S/C18H14ClN3O3S/c19-15-7-6-13(11-21-15)16(23)20-8-9-22-17(24)14(26-18(22)25)10-12-4-2-1-3-5-12/h1-7,10-11H,8-9H2,(H,20,23)/b14-10-. The minimum absolute atomic E-state index is 0.101. The molecule has 1 aromatic heterocycles. The second kappa shape index (κ2) is 8.16. The van der Waals surface area contributed by atoms with Gasteiger partial charge in [0.25, 0.3) is 17.1 Å². The summed E-state index contributed by atoms with van der Waals surface area (Å²) in [6, 6.07) is 12.4. The molecule has 1 aliphatic rings. The Labute approximate surface area is 159 Å². The lowest BCUT2D eigenvalue weighted by Gasteiger charge is -2.12. The van der Waals surface area contributed by atoms with Crippen LogP contribution in [-0.4, -0.2) is 40.0 Å². The number of carbonyl (C=O) groups excluding carboxylic acids is 3. The van der Waals surface area contributed by atoms with Crippen molar-refractivity contribution < 1.29 is 14.4 Å². The van der Waals surface area contributed by atoms with E-state index in [1.165, 1.54) is 12.3 Å². The third kappa shape index (κ3) is 4.30. The van der Waals surface area contributed by atoms with Crippen molar-refractivity contribution in [1.29, 1.82) is 0 Å². The Morgan fingerprint density at radius 2 is 1.96 bits per heavy atom. The number of hydrogen-bond donors (Lipinski definition) is 1. The number of carbonyl (C=O) groups is 3. The summed E-state index contributed by atoms with van der Waals surface area (Å²) in [6.45, 7) is 0.252. The van der Waals surface area contributed by atoms with Crippen LogP contribution in [0.3, 0.4) is 0 Å². The summed E-state index contributed by atoms with van der Waals surface area (Å²) >= 11 is 6.57. The highest BCUT2D eigenvalue weighted by Crippen LogP contribution is 2.31. The van der Waals surface area contributed by atoms with Crippen LogP contribution in [0.25, 0.3) is 6.08 Å². The number of rotatable bonds is 5.